The fourth-order valence-corrected chi connectivity index (χ4v) is 2.43. The minimum atomic E-state index is -1.42. The Morgan fingerprint density at radius 1 is 1.14 bits per heavy atom. The van der Waals surface area contributed by atoms with Crippen LogP contribution in [-0.2, 0) is 0 Å². The highest BCUT2D eigenvalue weighted by Crippen LogP contribution is 2.34. The molecule has 2 fully saturated rings. The van der Waals surface area contributed by atoms with E-state index in [-0.39, 0.29) is 13.2 Å². The monoisotopic (exact) mass is 207 g/mol. The Bertz CT molecular complexity index is 229. The summed E-state index contributed by atoms with van der Waals surface area (Å²) in [5, 5.41) is 37.4. The van der Waals surface area contributed by atoms with E-state index >= 15 is 0 Å². The topological polar surface area (TPSA) is 84.2 Å². The van der Waals surface area contributed by atoms with Crippen LogP contribution >= 0.6 is 0 Å². The Morgan fingerprint density at radius 3 is 2.36 bits per heavy atom. The first kappa shape index (κ1) is 10.3. The van der Waals surface area contributed by atoms with Gasteiger partial charge in [0, 0.05) is 6.54 Å². The summed E-state index contributed by atoms with van der Waals surface area (Å²) in [5.74, 6) is 0. The van der Waals surface area contributed by atoms with Crippen molar-refractivity contribution in [3.8, 4) is 0 Å². The highest BCUT2D eigenvalue weighted by Gasteiger charge is 2.56. The van der Waals surface area contributed by atoms with Crippen LogP contribution in [0.15, 0.2) is 0 Å². The average Bonchev–Trinajstić information content (AvgIpc) is 2.54. The zero-order valence-electron chi connectivity index (χ0n) is 7.49. The molecule has 0 radical (unpaired) electrons. The largest absolute Gasteiger partial charge is 0.395 e. The molecule has 2 aliphatic rings. The Hall–Kier alpha value is -0.270. The summed E-state index contributed by atoms with van der Waals surface area (Å²) < 4.78 is 13.1. The second kappa shape index (κ2) is 3.39. The van der Waals surface area contributed by atoms with E-state index in [9.17, 15) is 19.7 Å². The van der Waals surface area contributed by atoms with Gasteiger partial charge in [-0.05, 0) is 0 Å². The molecule has 0 aromatic rings. The van der Waals surface area contributed by atoms with Gasteiger partial charge in [0.05, 0.1) is 30.9 Å². The molecular formula is C8H14FNO4. The van der Waals surface area contributed by atoms with Crippen LogP contribution in [0, 0.1) is 0 Å². The summed E-state index contributed by atoms with van der Waals surface area (Å²) in [5.41, 5.74) is 0. The van der Waals surface area contributed by atoms with Gasteiger partial charge < -0.3 is 20.4 Å². The number of aliphatic hydroxyl groups is 4. The molecule has 14 heavy (non-hydrogen) atoms. The molecule has 0 unspecified atom stereocenters. The minimum absolute atomic E-state index is 0.0504. The summed E-state index contributed by atoms with van der Waals surface area (Å²) in [6.45, 7) is -0.403. The third-order valence-electron chi connectivity index (χ3n) is 3.20. The quantitative estimate of drug-likeness (QED) is 0.381. The predicted octanol–water partition coefficient (Wildman–Crippen LogP) is -2.53. The van der Waals surface area contributed by atoms with Gasteiger partial charge in [0.15, 0.2) is 0 Å². The van der Waals surface area contributed by atoms with Gasteiger partial charge in [0.1, 0.15) is 12.3 Å². The van der Waals surface area contributed by atoms with Crippen molar-refractivity contribution in [3.05, 3.63) is 0 Å². The smallest absolute Gasteiger partial charge is 0.140 e. The van der Waals surface area contributed by atoms with Crippen LogP contribution in [-0.4, -0.2) is 75.0 Å². The van der Waals surface area contributed by atoms with Crippen molar-refractivity contribution in [1.29, 1.82) is 0 Å². The Labute approximate surface area is 80.4 Å². The summed E-state index contributed by atoms with van der Waals surface area (Å²) in [6.07, 6.45) is -5.01. The molecule has 4 N–H and O–H groups in total. The molecule has 5 nitrogen and oxygen atoms in total. The molecule has 82 valence electrons. The molecule has 0 aliphatic carbocycles. The van der Waals surface area contributed by atoms with Gasteiger partial charge >= 0.3 is 0 Å². The highest BCUT2D eigenvalue weighted by atomic mass is 19.1. The second-order valence-corrected chi connectivity index (χ2v) is 3.93. The predicted molar refractivity (Wildman–Crippen MR) is 44.3 cm³/mol. The van der Waals surface area contributed by atoms with Gasteiger partial charge in [-0.1, -0.05) is 0 Å². The standard InChI is InChI=1S/C8H14FNO4/c9-3-1-10-4(2-11)7(13)8(14)5(10)6(3)12/h3-8,11-14H,1-2H2/t3-,4+,5+,6+,7+,8+/m0/s1. The summed E-state index contributed by atoms with van der Waals surface area (Å²) in [4.78, 5) is 1.44. The van der Waals surface area contributed by atoms with E-state index in [1.807, 2.05) is 0 Å². The van der Waals surface area contributed by atoms with Crippen molar-refractivity contribution in [2.24, 2.45) is 0 Å². The lowest BCUT2D eigenvalue weighted by molar-refractivity contribution is -0.0130. The first-order chi connectivity index (χ1) is 6.57. The minimum Gasteiger partial charge on any atom is -0.395 e. The van der Waals surface area contributed by atoms with Crippen LogP contribution in [0.3, 0.4) is 0 Å². The molecule has 0 saturated carbocycles. The van der Waals surface area contributed by atoms with Crippen molar-refractivity contribution in [1.82, 2.24) is 4.90 Å². The normalized spacial score (nSPS) is 53.8. The first-order valence-corrected chi connectivity index (χ1v) is 4.62. The van der Waals surface area contributed by atoms with Crippen LogP contribution in [0.25, 0.3) is 0 Å². The van der Waals surface area contributed by atoms with Gasteiger partial charge in [-0.3, -0.25) is 4.90 Å². The van der Waals surface area contributed by atoms with E-state index in [1.165, 1.54) is 4.90 Å². The lowest BCUT2D eigenvalue weighted by Gasteiger charge is -2.21. The Morgan fingerprint density at radius 2 is 1.79 bits per heavy atom. The Balaban J connectivity index is 2.21. The number of rotatable bonds is 1. The maximum Gasteiger partial charge on any atom is 0.140 e. The van der Waals surface area contributed by atoms with E-state index < -0.39 is 36.6 Å². The van der Waals surface area contributed by atoms with Crippen LogP contribution in [0.2, 0.25) is 0 Å². The average molecular weight is 207 g/mol. The van der Waals surface area contributed by atoms with Crippen molar-refractivity contribution < 1.29 is 24.8 Å². The van der Waals surface area contributed by atoms with E-state index in [2.05, 4.69) is 0 Å². The molecule has 6 atom stereocenters. The van der Waals surface area contributed by atoms with Crippen molar-refractivity contribution in [2.75, 3.05) is 13.2 Å². The fraction of sp³-hybridized carbons (Fsp3) is 1.00. The first-order valence-electron chi connectivity index (χ1n) is 4.62. The number of halogens is 1. The van der Waals surface area contributed by atoms with Crippen molar-refractivity contribution >= 4 is 0 Å². The molecule has 2 heterocycles. The number of nitrogens with zero attached hydrogens (tertiary/aromatic N) is 1. The molecule has 2 saturated heterocycles. The van der Waals surface area contributed by atoms with Gasteiger partial charge in [0.2, 0.25) is 0 Å². The molecule has 0 spiro atoms. The maximum atomic E-state index is 13.1. The molecule has 0 aromatic carbocycles. The van der Waals surface area contributed by atoms with Gasteiger partial charge in [0.25, 0.3) is 0 Å². The SMILES string of the molecule is OC[C@@H]1[C@@H](O)[C@H](O)[C@H]2[C@H](O)[C@@H](F)CN21. The van der Waals surface area contributed by atoms with Crippen LogP contribution in [0.1, 0.15) is 0 Å². The van der Waals surface area contributed by atoms with Crippen LogP contribution in [0.4, 0.5) is 4.39 Å². The highest BCUT2D eigenvalue weighted by molar-refractivity contribution is 5.09. The molecule has 2 rings (SSSR count). The molecular weight excluding hydrogens is 193 g/mol. The van der Waals surface area contributed by atoms with Crippen molar-refractivity contribution in [2.45, 2.75) is 36.6 Å². The second-order valence-electron chi connectivity index (χ2n) is 3.93. The molecule has 0 amide bonds. The summed E-state index contributed by atoms with van der Waals surface area (Å²) in [6, 6.07) is -1.47. The molecule has 6 heteroatoms. The van der Waals surface area contributed by atoms with E-state index in [0.29, 0.717) is 0 Å². The molecule has 0 bridgehead atoms. The number of alkyl halides is 1. The lowest BCUT2D eigenvalue weighted by atomic mass is 10.0. The Kier molecular flexibility index (Phi) is 2.48. The third kappa shape index (κ3) is 1.19. The maximum absolute atomic E-state index is 13.1. The van der Waals surface area contributed by atoms with E-state index in [1.54, 1.807) is 0 Å². The zero-order chi connectivity index (χ0) is 10.5. The fourth-order valence-electron chi connectivity index (χ4n) is 2.43. The third-order valence-corrected chi connectivity index (χ3v) is 3.20. The van der Waals surface area contributed by atoms with Crippen LogP contribution < -0.4 is 0 Å². The van der Waals surface area contributed by atoms with Gasteiger partial charge in [-0.25, -0.2) is 4.39 Å². The van der Waals surface area contributed by atoms with E-state index in [0.717, 1.165) is 0 Å². The number of fused-ring (bicyclic) bond motifs is 1. The lowest BCUT2D eigenvalue weighted by Crippen LogP contribution is -2.40. The van der Waals surface area contributed by atoms with E-state index in [4.69, 9.17) is 5.11 Å². The molecule has 0 aromatic heterocycles. The molecule has 2 aliphatic heterocycles. The zero-order valence-corrected chi connectivity index (χ0v) is 7.49. The number of aliphatic hydroxyl groups excluding tert-OH is 4. The number of hydrogen-bond donors (Lipinski definition) is 4. The summed E-state index contributed by atoms with van der Waals surface area (Å²) in [7, 11) is 0. The summed E-state index contributed by atoms with van der Waals surface area (Å²) >= 11 is 0. The van der Waals surface area contributed by atoms with Crippen molar-refractivity contribution in [3.63, 3.8) is 0 Å². The van der Waals surface area contributed by atoms with Gasteiger partial charge in [-0.15, -0.1) is 0 Å². The number of hydrogen-bond acceptors (Lipinski definition) is 5. The van der Waals surface area contributed by atoms with Gasteiger partial charge in [-0.2, -0.15) is 0 Å². The van der Waals surface area contributed by atoms with Crippen LogP contribution in [0.5, 0.6) is 0 Å².